The number of rotatable bonds is 12. The summed E-state index contributed by atoms with van der Waals surface area (Å²) in [5.74, 6) is -0.170. The average Bonchev–Trinajstić information content (AvgIpc) is 2.70. The fourth-order valence-corrected chi connectivity index (χ4v) is 2.46. The fraction of sp³-hybridized carbons (Fsp3) is 0.526. The smallest absolute Gasteiger partial charge is 0.409 e. The average molecular weight is 409 g/mol. The highest BCUT2D eigenvalue weighted by Crippen LogP contribution is 2.12. The number of carbonyl (C=O) groups is 3. The van der Waals surface area contributed by atoms with Gasteiger partial charge in [-0.15, -0.1) is 0 Å². The van der Waals surface area contributed by atoms with Gasteiger partial charge >= 0.3 is 12.1 Å². The number of ether oxygens (including phenoxy) is 1. The van der Waals surface area contributed by atoms with Crippen molar-refractivity contribution in [3.05, 3.63) is 29.8 Å². The van der Waals surface area contributed by atoms with Gasteiger partial charge in [-0.05, 0) is 44.6 Å². The number of urea groups is 1. The molecule has 0 fully saturated rings. The van der Waals surface area contributed by atoms with Crippen LogP contribution in [0.1, 0.15) is 18.4 Å². The Morgan fingerprint density at radius 2 is 1.83 bits per heavy atom. The van der Waals surface area contributed by atoms with Gasteiger partial charge in [0.05, 0.1) is 6.04 Å². The van der Waals surface area contributed by atoms with Crippen molar-refractivity contribution in [1.29, 1.82) is 0 Å². The normalized spacial score (nSPS) is 11.4. The van der Waals surface area contributed by atoms with Crippen LogP contribution in [-0.2, 0) is 16.1 Å². The van der Waals surface area contributed by atoms with Gasteiger partial charge in [-0.3, -0.25) is 4.79 Å². The Bertz CT molecular complexity index is 653. The second kappa shape index (κ2) is 13.3. The van der Waals surface area contributed by atoms with Crippen LogP contribution < -0.4 is 27.0 Å². The maximum absolute atomic E-state index is 12.4. The van der Waals surface area contributed by atoms with Gasteiger partial charge in [-0.1, -0.05) is 12.1 Å². The molecule has 0 bridgehead atoms. The fourth-order valence-electron chi connectivity index (χ4n) is 2.46. The predicted octanol–water partition coefficient (Wildman–Crippen LogP) is 0.449. The van der Waals surface area contributed by atoms with Crippen molar-refractivity contribution < 1.29 is 19.1 Å². The summed E-state index contributed by atoms with van der Waals surface area (Å²) in [4.78, 5) is 36.4. The zero-order chi connectivity index (χ0) is 21.6. The molecule has 0 saturated carbocycles. The van der Waals surface area contributed by atoms with E-state index in [0.717, 1.165) is 5.56 Å². The van der Waals surface area contributed by atoms with Crippen molar-refractivity contribution in [1.82, 2.24) is 20.9 Å². The Labute approximate surface area is 171 Å². The van der Waals surface area contributed by atoms with E-state index in [4.69, 9.17) is 10.5 Å². The highest BCUT2D eigenvalue weighted by molar-refractivity contribution is 5.94. The molecule has 29 heavy (non-hydrogen) atoms. The number of carbonyl (C=O) groups excluding carboxylic acids is 3. The van der Waals surface area contributed by atoms with E-state index in [-0.39, 0.29) is 18.6 Å². The Hall–Kier alpha value is -2.85. The first-order valence-electron chi connectivity index (χ1n) is 9.50. The highest BCUT2D eigenvalue weighted by atomic mass is 16.6. The number of hydrogen-bond donors (Lipinski definition) is 5. The van der Waals surface area contributed by atoms with Crippen LogP contribution in [0.25, 0.3) is 0 Å². The van der Waals surface area contributed by atoms with Crippen LogP contribution in [0.2, 0.25) is 0 Å². The van der Waals surface area contributed by atoms with Crippen LogP contribution in [-0.4, -0.2) is 69.8 Å². The molecule has 162 valence electrons. The minimum absolute atomic E-state index is 0.156. The third-order valence-corrected chi connectivity index (χ3v) is 4.23. The lowest BCUT2D eigenvalue weighted by atomic mass is 10.1. The molecule has 10 nitrogen and oxygen atoms in total. The Morgan fingerprint density at radius 3 is 2.41 bits per heavy atom. The van der Waals surface area contributed by atoms with Gasteiger partial charge in [-0.2, -0.15) is 0 Å². The molecule has 0 unspecified atom stereocenters. The van der Waals surface area contributed by atoms with Crippen molar-refractivity contribution in [2.45, 2.75) is 25.5 Å². The van der Waals surface area contributed by atoms with Crippen molar-refractivity contribution in [3.63, 3.8) is 0 Å². The van der Waals surface area contributed by atoms with E-state index in [1.54, 1.807) is 38.4 Å². The van der Waals surface area contributed by atoms with Gasteiger partial charge in [0.2, 0.25) is 5.91 Å². The predicted molar refractivity (Wildman–Crippen MR) is 111 cm³/mol. The molecule has 0 aliphatic carbocycles. The zero-order valence-corrected chi connectivity index (χ0v) is 17.3. The number of benzene rings is 1. The summed E-state index contributed by atoms with van der Waals surface area (Å²) in [6, 6.07) is 6.13. The summed E-state index contributed by atoms with van der Waals surface area (Å²) < 4.78 is 5.26. The van der Waals surface area contributed by atoms with Crippen LogP contribution in [0.3, 0.4) is 0 Å². The topological polar surface area (TPSA) is 138 Å². The van der Waals surface area contributed by atoms with Crippen molar-refractivity contribution in [2.75, 3.05) is 46.1 Å². The maximum Gasteiger partial charge on any atom is 0.409 e. The second-order valence-electron chi connectivity index (χ2n) is 6.54. The van der Waals surface area contributed by atoms with E-state index in [1.807, 2.05) is 7.05 Å². The number of primary amides is 1. The monoisotopic (exact) mass is 408 g/mol. The molecule has 1 atom stereocenters. The van der Waals surface area contributed by atoms with E-state index in [9.17, 15) is 14.4 Å². The van der Waals surface area contributed by atoms with E-state index in [0.29, 0.717) is 38.2 Å². The molecule has 1 aromatic rings. The maximum atomic E-state index is 12.4. The Kier molecular flexibility index (Phi) is 11.1. The summed E-state index contributed by atoms with van der Waals surface area (Å²) >= 11 is 0. The minimum Gasteiger partial charge on any atom is -0.445 e. The molecule has 1 aromatic carbocycles. The number of nitrogens with zero attached hydrogens (tertiary/aromatic N) is 1. The summed E-state index contributed by atoms with van der Waals surface area (Å²) in [5, 5.41) is 11.3. The number of anilines is 1. The van der Waals surface area contributed by atoms with E-state index in [1.165, 1.54) is 4.90 Å². The highest BCUT2D eigenvalue weighted by Gasteiger charge is 2.16. The standard InChI is InChI=1S/C19H32N6O4/c1-21-11-12-25(3)19(28)29-13-14-6-8-15(9-7-14)24-17(26)16(22-2)5-4-10-23-18(20)27/h6-9,16,21-22H,4-5,10-13H2,1-3H3,(H,24,26)(H3,20,23,27)/t16-/m0/s1. The van der Waals surface area contributed by atoms with Crippen molar-refractivity contribution in [3.8, 4) is 0 Å². The molecule has 10 heteroatoms. The molecule has 0 heterocycles. The summed E-state index contributed by atoms with van der Waals surface area (Å²) in [5.41, 5.74) is 6.48. The molecular weight excluding hydrogens is 376 g/mol. The summed E-state index contributed by atoms with van der Waals surface area (Å²) in [6.45, 7) is 1.82. The molecule has 0 aromatic heterocycles. The molecule has 6 N–H and O–H groups in total. The van der Waals surface area contributed by atoms with Gasteiger partial charge in [0.1, 0.15) is 6.61 Å². The lowest BCUT2D eigenvalue weighted by Gasteiger charge is -2.17. The number of likely N-dealkylation sites (N-methyl/N-ethyl adjacent to an activating group) is 3. The molecular formula is C19H32N6O4. The van der Waals surface area contributed by atoms with E-state index < -0.39 is 12.1 Å². The van der Waals surface area contributed by atoms with Crippen LogP contribution >= 0.6 is 0 Å². The first-order valence-corrected chi connectivity index (χ1v) is 9.50. The van der Waals surface area contributed by atoms with Gasteiger partial charge in [0.15, 0.2) is 0 Å². The number of amides is 4. The SMILES string of the molecule is CNCCN(C)C(=O)OCc1ccc(NC(=O)[C@H](CCCNC(N)=O)NC)cc1. The van der Waals surface area contributed by atoms with Gasteiger partial charge in [0.25, 0.3) is 0 Å². The van der Waals surface area contributed by atoms with Crippen molar-refractivity contribution in [2.24, 2.45) is 5.73 Å². The van der Waals surface area contributed by atoms with E-state index in [2.05, 4.69) is 21.3 Å². The summed E-state index contributed by atoms with van der Waals surface area (Å²) in [6.07, 6.45) is 0.785. The first kappa shape index (κ1) is 24.2. The van der Waals surface area contributed by atoms with Crippen LogP contribution in [0, 0.1) is 0 Å². The summed E-state index contributed by atoms with van der Waals surface area (Å²) in [7, 11) is 5.21. The molecule has 1 rings (SSSR count). The molecule has 0 spiro atoms. The van der Waals surface area contributed by atoms with Gasteiger partial charge in [-0.25, -0.2) is 9.59 Å². The lowest BCUT2D eigenvalue weighted by molar-refractivity contribution is -0.118. The number of nitrogens with one attached hydrogen (secondary N) is 4. The zero-order valence-electron chi connectivity index (χ0n) is 17.3. The second-order valence-corrected chi connectivity index (χ2v) is 6.54. The van der Waals surface area contributed by atoms with Crippen molar-refractivity contribution >= 4 is 23.7 Å². The van der Waals surface area contributed by atoms with Crippen LogP contribution in [0.4, 0.5) is 15.3 Å². The molecule has 4 amide bonds. The molecule has 0 aliphatic rings. The number of hydrogen-bond acceptors (Lipinski definition) is 6. The lowest BCUT2D eigenvalue weighted by Crippen LogP contribution is -2.39. The largest absolute Gasteiger partial charge is 0.445 e. The molecule has 0 radical (unpaired) electrons. The first-order chi connectivity index (χ1) is 13.9. The third-order valence-electron chi connectivity index (χ3n) is 4.23. The third kappa shape index (κ3) is 9.77. The van der Waals surface area contributed by atoms with Gasteiger partial charge in [0, 0.05) is 32.4 Å². The number of nitrogens with two attached hydrogens (primary N) is 1. The molecule has 0 saturated heterocycles. The quantitative estimate of drug-likeness (QED) is 0.318. The minimum atomic E-state index is -0.578. The van der Waals surface area contributed by atoms with E-state index >= 15 is 0 Å². The molecule has 0 aliphatic heterocycles. The van der Waals surface area contributed by atoms with Gasteiger partial charge < -0.3 is 36.6 Å². The Balaban J connectivity index is 2.44. The van der Waals surface area contributed by atoms with Crippen LogP contribution in [0.15, 0.2) is 24.3 Å². The Morgan fingerprint density at radius 1 is 1.14 bits per heavy atom. The van der Waals surface area contributed by atoms with Crippen LogP contribution in [0.5, 0.6) is 0 Å².